The Balaban J connectivity index is 1.94. The molecule has 5 nitrogen and oxygen atoms in total. The molecular formula is C15H15Cl2N3O2. The van der Waals surface area contributed by atoms with E-state index in [0.717, 1.165) is 10.2 Å². The summed E-state index contributed by atoms with van der Waals surface area (Å²) in [5.41, 5.74) is 0.549. The van der Waals surface area contributed by atoms with Crippen LogP contribution in [0.15, 0.2) is 41.3 Å². The van der Waals surface area contributed by atoms with Gasteiger partial charge in [0.2, 0.25) is 5.91 Å². The quantitative estimate of drug-likeness (QED) is 0.909. The molecule has 2 aromatic rings. The highest BCUT2D eigenvalue weighted by atomic mass is 35.5. The fourth-order valence-corrected chi connectivity index (χ4v) is 2.19. The molecule has 1 atom stereocenters. The Hall–Kier alpha value is -1.85. The molecule has 0 aliphatic carbocycles. The summed E-state index contributed by atoms with van der Waals surface area (Å²) in [5, 5.41) is 6.50. The number of benzene rings is 1. The Kier molecular flexibility index (Phi) is 5.57. The largest absolute Gasteiger partial charge is 0.354 e. The maximum atomic E-state index is 11.9. The fraction of sp³-hybridized carbons (Fsp3) is 0.267. The fourth-order valence-electron chi connectivity index (χ4n) is 1.92. The predicted molar refractivity (Wildman–Crippen MR) is 86.4 cm³/mol. The van der Waals surface area contributed by atoms with Crippen molar-refractivity contribution in [1.29, 1.82) is 0 Å². The third-order valence-electron chi connectivity index (χ3n) is 3.21. The zero-order chi connectivity index (χ0) is 16.1. The van der Waals surface area contributed by atoms with Gasteiger partial charge in [-0.05, 0) is 11.5 Å². The van der Waals surface area contributed by atoms with Gasteiger partial charge in [0.25, 0.3) is 5.56 Å². The van der Waals surface area contributed by atoms with Crippen LogP contribution in [-0.2, 0) is 11.3 Å². The average molecular weight is 340 g/mol. The van der Waals surface area contributed by atoms with E-state index in [1.54, 1.807) is 0 Å². The van der Waals surface area contributed by atoms with Crippen molar-refractivity contribution in [3.8, 4) is 0 Å². The highest BCUT2D eigenvalue weighted by Crippen LogP contribution is 2.14. The van der Waals surface area contributed by atoms with Gasteiger partial charge in [-0.3, -0.25) is 9.59 Å². The average Bonchev–Trinajstić information content (AvgIpc) is 2.54. The molecule has 0 saturated carbocycles. The van der Waals surface area contributed by atoms with E-state index in [9.17, 15) is 9.59 Å². The standard InChI is InChI=1S/C15H15Cl2N3O2/c1-10(11-5-3-2-4-6-11)7-18-13(21)9-20-15(22)14(17)12(16)8-19-20/h2-6,8,10H,7,9H2,1H3,(H,18,21)/t10-/m1/s1. The van der Waals surface area contributed by atoms with Gasteiger partial charge in [0.05, 0.1) is 11.2 Å². The van der Waals surface area contributed by atoms with E-state index < -0.39 is 5.56 Å². The van der Waals surface area contributed by atoms with Crippen LogP contribution in [0.25, 0.3) is 0 Å². The first kappa shape index (κ1) is 16.5. The minimum absolute atomic E-state index is 0.0704. The molecule has 22 heavy (non-hydrogen) atoms. The maximum absolute atomic E-state index is 11.9. The van der Waals surface area contributed by atoms with Crippen LogP contribution >= 0.6 is 23.2 Å². The molecule has 116 valence electrons. The first-order valence-corrected chi connectivity index (χ1v) is 7.47. The summed E-state index contributed by atoms with van der Waals surface area (Å²) in [5.74, 6) is -0.139. The third kappa shape index (κ3) is 4.08. The van der Waals surface area contributed by atoms with E-state index in [1.165, 1.54) is 6.20 Å². The SMILES string of the molecule is C[C@H](CNC(=O)Cn1ncc(Cl)c(Cl)c1=O)c1ccccc1. The topological polar surface area (TPSA) is 64.0 Å². The van der Waals surface area contributed by atoms with Crippen molar-refractivity contribution in [2.75, 3.05) is 6.54 Å². The molecule has 1 aromatic carbocycles. The lowest BCUT2D eigenvalue weighted by Crippen LogP contribution is -2.35. The molecule has 1 heterocycles. The van der Waals surface area contributed by atoms with Crippen molar-refractivity contribution in [2.45, 2.75) is 19.4 Å². The maximum Gasteiger partial charge on any atom is 0.287 e. The summed E-state index contributed by atoms with van der Waals surface area (Å²) < 4.78 is 0.983. The van der Waals surface area contributed by atoms with Crippen molar-refractivity contribution in [3.63, 3.8) is 0 Å². The lowest BCUT2D eigenvalue weighted by atomic mass is 10.0. The Morgan fingerprint density at radius 3 is 2.68 bits per heavy atom. The predicted octanol–water partition coefficient (Wildman–Crippen LogP) is 2.47. The summed E-state index contributed by atoms with van der Waals surface area (Å²) in [6.45, 7) is 2.29. The summed E-state index contributed by atoms with van der Waals surface area (Å²) >= 11 is 11.4. The van der Waals surface area contributed by atoms with Crippen molar-refractivity contribution in [2.24, 2.45) is 0 Å². The minimum Gasteiger partial charge on any atom is -0.354 e. The van der Waals surface area contributed by atoms with Gasteiger partial charge in [-0.1, -0.05) is 60.5 Å². The van der Waals surface area contributed by atoms with E-state index in [-0.39, 0.29) is 28.4 Å². The molecule has 0 aliphatic rings. The van der Waals surface area contributed by atoms with E-state index >= 15 is 0 Å². The molecule has 0 saturated heterocycles. The lowest BCUT2D eigenvalue weighted by molar-refractivity contribution is -0.121. The number of carbonyl (C=O) groups is 1. The van der Waals surface area contributed by atoms with Crippen LogP contribution in [0.5, 0.6) is 0 Å². The van der Waals surface area contributed by atoms with E-state index in [1.807, 2.05) is 37.3 Å². The van der Waals surface area contributed by atoms with Crippen molar-refractivity contribution in [3.05, 3.63) is 62.5 Å². The Morgan fingerprint density at radius 2 is 2.00 bits per heavy atom. The Labute approximate surface area is 137 Å². The number of rotatable bonds is 5. The van der Waals surface area contributed by atoms with Gasteiger partial charge in [0.1, 0.15) is 11.6 Å². The van der Waals surface area contributed by atoms with Crippen LogP contribution in [0.2, 0.25) is 10.0 Å². The second-order valence-electron chi connectivity index (χ2n) is 4.89. The molecule has 0 spiro atoms. The molecule has 0 unspecified atom stereocenters. The number of aromatic nitrogens is 2. The van der Waals surface area contributed by atoms with Gasteiger partial charge in [-0.2, -0.15) is 5.10 Å². The molecule has 0 aliphatic heterocycles. The highest BCUT2D eigenvalue weighted by Gasteiger charge is 2.12. The van der Waals surface area contributed by atoms with E-state index in [0.29, 0.717) is 6.54 Å². The summed E-state index contributed by atoms with van der Waals surface area (Å²) in [6, 6.07) is 9.85. The normalized spacial score (nSPS) is 12.0. The number of halogens is 2. The first-order chi connectivity index (χ1) is 10.5. The molecule has 0 radical (unpaired) electrons. The smallest absolute Gasteiger partial charge is 0.287 e. The van der Waals surface area contributed by atoms with Gasteiger partial charge < -0.3 is 5.32 Å². The Morgan fingerprint density at radius 1 is 1.32 bits per heavy atom. The van der Waals surface area contributed by atoms with E-state index in [4.69, 9.17) is 23.2 Å². The van der Waals surface area contributed by atoms with E-state index in [2.05, 4.69) is 10.4 Å². The highest BCUT2D eigenvalue weighted by molar-refractivity contribution is 6.41. The van der Waals surface area contributed by atoms with Crippen LogP contribution in [0.3, 0.4) is 0 Å². The molecule has 1 amide bonds. The van der Waals surface area contributed by atoms with Crippen LogP contribution < -0.4 is 10.9 Å². The van der Waals surface area contributed by atoms with Crippen LogP contribution in [0.4, 0.5) is 0 Å². The summed E-state index contributed by atoms with van der Waals surface area (Å²) in [7, 11) is 0. The molecule has 2 rings (SSSR count). The van der Waals surface area contributed by atoms with Crippen LogP contribution in [-0.4, -0.2) is 22.2 Å². The molecule has 0 fully saturated rings. The Bertz CT molecular complexity index is 716. The van der Waals surface area contributed by atoms with Crippen molar-refractivity contribution >= 4 is 29.1 Å². The first-order valence-electron chi connectivity index (χ1n) is 6.71. The number of hydrogen-bond donors (Lipinski definition) is 1. The molecule has 7 heteroatoms. The van der Waals surface area contributed by atoms with Gasteiger partial charge >= 0.3 is 0 Å². The van der Waals surface area contributed by atoms with Crippen molar-refractivity contribution < 1.29 is 4.79 Å². The van der Waals surface area contributed by atoms with Crippen LogP contribution in [0, 0.1) is 0 Å². The lowest BCUT2D eigenvalue weighted by Gasteiger charge is -2.13. The van der Waals surface area contributed by atoms with Gasteiger partial charge in [-0.25, -0.2) is 4.68 Å². The monoisotopic (exact) mass is 339 g/mol. The van der Waals surface area contributed by atoms with Crippen LogP contribution in [0.1, 0.15) is 18.4 Å². The van der Waals surface area contributed by atoms with Gasteiger partial charge in [0.15, 0.2) is 0 Å². The number of carbonyl (C=O) groups excluding carboxylic acids is 1. The molecular weight excluding hydrogens is 325 g/mol. The molecule has 0 bridgehead atoms. The third-order valence-corrected chi connectivity index (χ3v) is 3.96. The summed E-state index contributed by atoms with van der Waals surface area (Å²) in [6.07, 6.45) is 1.24. The zero-order valence-corrected chi connectivity index (χ0v) is 13.4. The van der Waals surface area contributed by atoms with Crippen molar-refractivity contribution in [1.82, 2.24) is 15.1 Å². The van der Waals surface area contributed by atoms with Gasteiger partial charge in [0, 0.05) is 6.54 Å². The molecule has 1 aromatic heterocycles. The number of nitrogens with one attached hydrogen (secondary N) is 1. The minimum atomic E-state index is -0.583. The number of nitrogens with zero attached hydrogens (tertiary/aromatic N) is 2. The second-order valence-corrected chi connectivity index (χ2v) is 5.67. The summed E-state index contributed by atoms with van der Waals surface area (Å²) in [4.78, 5) is 23.7. The van der Waals surface area contributed by atoms with Gasteiger partial charge in [-0.15, -0.1) is 0 Å². The molecule has 1 N–H and O–H groups in total. The number of amides is 1. The zero-order valence-electron chi connectivity index (χ0n) is 11.9. The number of hydrogen-bond acceptors (Lipinski definition) is 3. The second kappa shape index (κ2) is 7.42.